The summed E-state index contributed by atoms with van der Waals surface area (Å²) in [5.74, 6) is 6.46. The summed E-state index contributed by atoms with van der Waals surface area (Å²) in [4.78, 5) is 16.2. The fourth-order valence-electron chi connectivity index (χ4n) is 1.79. The first-order valence-electron chi connectivity index (χ1n) is 6.99. The topological polar surface area (TPSA) is 98.7 Å². The van der Waals surface area contributed by atoms with Gasteiger partial charge >= 0.3 is 0 Å². The van der Waals surface area contributed by atoms with Crippen molar-refractivity contribution in [1.82, 2.24) is 19.9 Å². The van der Waals surface area contributed by atoms with Gasteiger partial charge in [0.15, 0.2) is 11.0 Å². The Kier molecular flexibility index (Phi) is 5.16. The number of hydrogen-bond donors (Lipinski definition) is 2. The number of aromatic nitrogens is 4. The van der Waals surface area contributed by atoms with Crippen LogP contribution >= 0.6 is 23.4 Å². The average Bonchev–Trinajstić information content (AvgIpc) is 2.82. The number of pyridine rings is 1. The zero-order valence-electron chi connectivity index (χ0n) is 13.4. The zero-order valence-corrected chi connectivity index (χ0v) is 14.9. The summed E-state index contributed by atoms with van der Waals surface area (Å²) in [5, 5.41) is 11.2. The van der Waals surface area contributed by atoms with E-state index in [1.807, 2.05) is 20.8 Å². The molecule has 9 heteroatoms. The molecule has 0 aliphatic carbocycles. The Morgan fingerprint density at radius 3 is 2.70 bits per heavy atom. The van der Waals surface area contributed by atoms with Crippen LogP contribution in [0.1, 0.15) is 33.5 Å². The molecular formula is C14H19ClN6OS. The molecule has 23 heavy (non-hydrogen) atoms. The Morgan fingerprint density at radius 1 is 1.43 bits per heavy atom. The van der Waals surface area contributed by atoms with Gasteiger partial charge in [-0.15, -0.1) is 10.2 Å². The maximum absolute atomic E-state index is 12.3. The Balaban J connectivity index is 2.07. The Morgan fingerprint density at radius 2 is 2.13 bits per heavy atom. The predicted octanol–water partition coefficient (Wildman–Crippen LogP) is 2.46. The molecule has 0 aromatic carbocycles. The molecule has 0 aliphatic heterocycles. The zero-order chi connectivity index (χ0) is 17.2. The first-order chi connectivity index (χ1) is 10.7. The highest BCUT2D eigenvalue weighted by Crippen LogP contribution is 2.27. The van der Waals surface area contributed by atoms with Gasteiger partial charge in [0.25, 0.3) is 0 Å². The van der Waals surface area contributed by atoms with E-state index >= 15 is 0 Å². The van der Waals surface area contributed by atoms with E-state index in [9.17, 15) is 4.79 Å². The molecule has 0 saturated heterocycles. The van der Waals surface area contributed by atoms with Crippen molar-refractivity contribution in [3.63, 3.8) is 0 Å². The lowest BCUT2D eigenvalue weighted by Crippen LogP contribution is -2.26. The predicted molar refractivity (Wildman–Crippen MR) is 92.1 cm³/mol. The molecular weight excluding hydrogens is 336 g/mol. The summed E-state index contributed by atoms with van der Waals surface area (Å²) in [5.41, 5.74) is 0.242. The number of hydrogen-bond acceptors (Lipinski definition) is 6. The highest BCUT2D eigenvalue weighted by Gasteiger charge is 2.25. The molecule has 0 aliphatic rings. The fourth-order valence-corrected chi connectivity index (χ4v) is 2.73. The summed E-state index contributed by atoms with van der Waals surface area (Å²) >= 11 is 7.16. The molecule has 0 saturated carbocycles. The Bertz CT molecular complexity index is 712. The third-order valence-corrected chi connectivity index (χ3v) is 4.36. The van der Waals surface area contributed by atoms with Crippen molar-refractivity contribution in [2.75, 3.05) is 11.2 Å². The van der Waals surface area contributed by atoms with Gasteiger partial charge in [0.2, 0.25) is 11.1 Å². The molecule has 0 radical (unpaired) electrons. The molecule has 2 aromatic rings. The van der Waals surface area contributed by atoms with Gasteiger partial charge in [-0.05, 0) is 19.1 Å². The maximum atomic E-state index is 12.3. The van der Waals surface area contributed by atoms with E-state index < -0.39 is 5.25 Å². The highest BCUT2D eigenvalue weighted by molar-refractivity contribution is 8.00. The summed E-state index contributed by atoms with van der Waals surface area (Å²) in [6, 6.07) is 3.39. The van der Waals surface area contributed by atoms with Crippen molar-refractivity contribution >= 4 is 35.0 Å². The van der Waals surface area contributed by atoms with Crippen LogP contribution < -0.4 is 11.2 Å². The van der Waals surface area contributed by atoms with Gasteiger partial charge in [-0.2, -0.15) is 0 Å². The quantitative estimate of drug-likeness (QED) is 0.497. The van der Waals surface area contributed by atoms with E-state index in [0.29, 0.717) is 16.7 Å². The summed E-state index contributed by atoms with van der Waals surface area (Å²) < 4.78 is 1.42. The molecule has 2 aromatic heterocycles. The first-order valence-corrected chi connectivity index (χ1v) is 8.25. The minimum atomic E-state index is -0.425. The first kappa shape index (κ1) is 17.6. The second kappa shape index (κ2) is 6.76. The number of nitrogens with zero attached hydrogens (tertiary/aromatic N) is 4. The molecule has 2 rings (SSSR count). The molecule has 0 spiro atoms. The van der Waals surface area contributed by atoms with Crippen molar-refractivity contribution in [3.05, 3.63) is 29.3 Å². The number of nitrogen functional groups attached to an aromatic ring is 1. The van der Waals surface area contributed by atoms with Gasteiger partial charge in [0.1, 0.15) is 0 Å². The molecule has 3 N–H and O–H groups in total. The van der Waals surface area contributed by atoms with Crippen molar-refractivity contribution < 1.29 is 4.79 Å². The van der Waals surface area contributed by atoms with Gasteiger partial charge in [-0.3, -0.25) is 4.79 Å². The van der Waals surface area contributed by atoms with E-state index in [4.69, 9.17) is 17.4 Å². The lowest BCUT2D eigenvalue weighted by Gasteiger charge is -2.17. The SMILES string of the molecule is CC(Sc1nnc(C(C)(C)C)n1N)C(=O)Nc1cccnc1Cl. The number of thioether (sulfide) groups is 1. The van der Waals surface area contributed by atoms with Crippen molar-refractivity contribution in [2.45, 2.75) is 43.5 Å². The van der Waals surface area contributed by atoms with Gasteiger partial charge in [-0.25, -0.2) is 9.66 Å². The van der Waals surface area contributed by atoms with Crippen LogP contribution in [0.15, 0.2) is 23.5 Å². The second-order valence-electron chi connectivity index (χ2n) is 6.02. The number of carbonyl (C=O) groups is 1. The Hall–Kier alpha value is -1.80. The van der Waals surface area contributed by atoms with Crippen LogP contribution in [0.4, 0.5) is 5.69 Å². The molecule has 124 valence electrons. The average molecular weight is 355 g/mol. The van der Waals surface area contributed by atoms with Gasteiger partial charge in [-0.1, -0.05) is 44.1 Å². The summed E-state index contributed by atoms with van der Waals surface area (Å²) in [7, 11) is 0. The van der Waals surface area contributed by atoms with Crippen LogP contribution in [0.2, 0.25) is 5.15 Å². The number of carbonyl (C=O) groups excluding carboxylic acids is 1. The van der Waals surface area contributed by atoms with Crippen molar-refractivity contribution in [1.29, 1.82) is 0 Å². The molecule has 7 nitrogen and oxygen atoms in total. The normalized spacial score (nSPS) is 12.9. The van der Waals surface area contributed by atoms with E-state index in [2.05, 4.69) is 20.5 Å². The van der Waals surface area contributed by atoms with Gasteiger partial charge in [0, 0.05) is 11.6 Å². The number of amides is 1. The van der Waals surface area contributed by atoms with E-state index in [-0.39, 0.29) is 16.5 Å². The van der Waals surface area contributed by atoms with Gasteiger partial charge in [0.05, 0.1) is 10.9 Å². The Labute approximate surface area is 144 Å². The molecule has 0 bridgehead atoms. The molecule has 2 heterocycles. The van der Waals surface area contributed by atoms with Crippen LogP contribution in [0.5, 0.6) is 0 Å². The molecule has 1 atom stereocenters. The highest BCUT2D eigenvalue weighted by atomic mass is 35.5. The van der Waals surface area contributed by atoms with Crippen LogP contribution in [0.25, 0.3) is 0 Å². The lowest BCUT2D eigenvalue weighted by atomic mass is 9.96. The smallest absolute Gasteiger partial charge is 0.237 e. The van der Waals surface area contributed by atoms with E-state index in [1.54, 1.807) is 25.3 Å². The van der Waals surface area contributed by atoms with Crippen LogP contribution in [0.3, 0.4) is 0 Å². The summed E-state index contributed by atoms with van der Waals surface area (Å²) in [6.45, 7) is 7.75. The molecule has 1 amide bonds. The third-order valence-electron chi connectivity index (χ3n) is 3.00. The van der Waals surface area contributed by atoms with E-state index in [1.165, 1.54) is 16.4 Å². The summed E-state index contributed by atoms with van der Waals surface area (Å²) in [6.07, 6.45) is 1.56. The largest absolute Gasteiger partial charge is 0.336 e. The monoisotopic (exact) mass is 354 g/mol. The maximum Gasteiger partial charge on any atom is 0.237 e. The number of nitrogens with one attached hydrogen (secondary N) is 1. The number of nitrogens with two attached hydrogens (primary N) is 1. The van der Waals surface area contributed by atoms with Crippen LogP contribution in [0, 0.1) is 0 Å². The number of rotatable bonds is 4. The lowest BCUT2D eigenvalue weighted by molar-refractivity contribution is -0.115. The minimum Gasteiger partial charge on any atom is -0.336 e. The second-order valence-corrected chi connectivity index (χ2v) is 7.68. The van der Waals surface area contributed by atoms with E-state index in [0.717, 1.165) is 0 Å². The van der Waals surface area contributed by atoms with Gasteiger partial charge < -0.3 is 11.2 Å². The van der Waals surface area contributed by atoms with Crippen molar-refractivity contribution in [3.8, 4) is 0 Å². The fraction of sp³-hybridized carbons (Fsp3) is 0.429. The number of anilines is 1. The van der Waals surface area contributed by atoms with Crippen molar-refractivity contribution in [2.24, 2.45) is 0 Å². The van der Waals surface area contributed by atoms with Crippen LogP contribution in [-0.4, -0.2) is 31.0 Å². The molecule has 1 unspecified atom stereocenters. The number of halogens is 1. The standard InChI is InChI=1S/C14H19ClN6OS/c1-8(11(22)18-9-6-5-7-17-10(9)15)23-13-20-19-12(21(13)16)14(2,3)4/h5-8H,16H2,1-4H3,(H,18,22). The minimum absolute atomic E-state index is 0.217. The van der Waals surface area contributed by atoms with Crippen LogP contribution in [-0.2, 0) is 10.2 Å². The third kappa shape index (κ3) is 4.14. The molecule has 0 fully saturated rings.